The van der Waals surface area contributed by atoms with Crippen LogP contribution in [-0.4, -0.2) is 37.8 Å². The second-order valence-corrected chi connectivity index (χ2v) is 7.62. The standard InChI is InChI=1S/C16H16N2O4S2/c1-22-13-7-5-6-12(10-13)18-15(19)11-23-16(18)17-24(20,21)14-8-3-2-4-9-14/h2-10,15,19H,11H2,1H3/b17-16+. The molecule has 0 radical (unpaired) electrons. The van der Waals surface area contributed by atoms with E-state index in [9.17, 15) is 13.5 Å². The van der Waals surface area contributed by atoms with E-state index >= 15 is 0 Å². The lowest BCUT2D eigenvalue weighted by Crippen LogP contribution is -2.34. The highest BCUT2D eigenvalue weighted by atomic mass is 32.2. The number of hydrogen-bond donors (Lipinski definition) is 1. The van der Waals surface area contributed by atoms with Gasteiger partial charge in [0.05, 0.1) is 12.0 Å². The Morgan fingerprint density at radius 3 is 2.67 bits per heavy atom. The van der Waals surface area contributed by atoms with Crippen LogP contribution in [0.2, 0.25) is 0 Å². The van der Waals surface area contributed by atoms with Gasteiger partial charge in [0.2, 0.25) is 0 Å². The van der Waals surface area contributed by atoms with Gasteiger partial charge >= 0.3 is 0 Å². The number of hydrogen-bond acceptors (Lipinski definition) is 5. The number of sulfonamides is 1. The summed E-state index contributed by atoms with van der Waals surface area (Å²) in [6, 6.07) is 15.0. The van der Waals surface area contributed by atoms with Crippen LogP contribution in [-0.2, 0) is 10.0 Å². The Kier molecular flexibility index (Phi) is 4.79. The second-order valence-electron chi connectivity index (χ2n) is 5.03. The SMILES string of the molecule is COc1cccc(N2/C(=N\S(=O)(=O)c3ccccc3)SCC2O)c1. The van der Waals surface area contributed by atoms with Crippen molar-refractivity contribution < 1.29 is 18.3 Å². The Balaban J connectivity index is 2.00. The summed E-state index contributed by atoms with van der Waals surface area (Å²) in [4.78, 5) is 1.61. The van der Waals surface area contributed by atoms with E-state index in [1.165, 1.54) is 28.8 Å². The fourth-order valence-corrected chi connectivity index (χ4v) is 4.50. The number of nitrogens with zero attached hydrogens (tertiary/aromatic N) is 2. The number of aliphatic hydroxyl groups is 1. The molecule has 1 atom stereocenters. The first-order valence-corrected chi connectivity index (χ1v) is 9.58. The average molecular weight is 364 g/mol. The first kappa shape index (κ1) is 16.8. The molecule has 1 N–H and O–H groups in total. The predicted octanol–water partition coefficient (Wildman–Crippen LogP) is 2.31. The summed E-state index contributed by atoms with van der Waals surface area (Å²) in [6.45, 7) is 0. The van der Waals surface area contributed by atoms with Crippen LogP contribution in [0, 0.1) is 0 Å². The van der Waals surface area contributed by atoms with E-state index in [0.29, 0.717) is 17.2 Å². The van der Waals surface area contributed by atoms with Crippen molar-refractivity contribution in [2.75, 3.05) is 17.8 Å². The lowest BCUT2D eigenvalue weighted by atomic mass is 10.2. The summed E-state index contributed by atoms with van der Waals surface area (Å²) in [5.74, 6) is 0.947. The van der Waals surface area contributed by atoms with Gasteiger partial charge in [-0.05, 0) is 24.3 Å². The number of benzene rings is 2. The maximum atomic E-state index is 12.5. The number of aliphatic hydroxyl groups excluding tert-OH is 1. The van der Waals surface area contributed by atoms with Crippen LogP contribution < -0.4 is 9.64 Å². The highest BCUT2D eigenvalue weighted by Crippen LogP contribution is 2.32. The van der Waals surface area contributed by atoms with Crippen molar-refractivity contribution in [3.8, 4) is 5.75 Å². The molecule has 8 heteroatoms. The maximum Gasteiger partial charge on any atom is 0.284 e. The molecule has 0 aliphatic carbocycles. The van der Waals surface area contributed by atoms with Gasteiger partial charge in [0.25, 0.3) is 10.0 Å². The minimum atomic E-state index is -3.84. The van der Waals surface area contributed by atoms with Gasteiger partial charge < -0.3 is 9.84 Å². The van der Waals surface area contributed by atoms with Crippen LogP contribution in [0.3, 0.4) is 0 Å². The van der Waals surface area contributed by atoms with Gasteiger partial charge in [0.15, 0.2) is 5.17 Å². The summed E-state index contributed by atoms with van der Waals surface area (Å²) < 4.78 is 34.0. The first-order valence-electron chi connectivity index (χ1n) is 7.15. The Morgan fingerprint density at radius 1 is 1.21 bits per heavy atom. The van der Waals surface area contributed by atoms with Crippen LogP contribution in [0.1, 0.15) is 0 Å². The van der Waals surface area contributed by atoms with E-state index in [1.54, 1.807) is 49.6 Å². The van der Waals surface area contributed by atoms with E-state index in [2.05, 4.69) is 4.40 Å². The van der Waals surface area contributed by atoms with Crippen molar-refractivity contribution in [3.05, 3.63) is 54.6 Å². The van der Waals surface area contributed by atoms with Crippen LogP contribution in [0.15, 0.2) is 63.9 Å². The van der Waals surface area contributed by atoms with Gasteiger partial charge in [-0.25, -0.2) is 0 Å². The average Bonchev–Trinajstić information content (AvgIpc) is 2.95. The molecule has 0 amide bonds. The normalized spacial score (nSPS) is 19.7. The molecular weight excluding hydrogens is 348 g/mol. The number of thioether (sulfide) groups is 1. The minimum Gasteiger partial charge on any atom is -0.497 e. The minimum absolute atomic E-state index is 0.116. The number of rotatable bonds is 4. The molecule has 6 nitrogen and oxygen atoms in total. The zero-order chi connectivity index (χ0) is 17.2. The van der Waals surface area contributed by atoms with Crippen LogP contribution >= 0.6 is 11.8 Å². The lowest BCUT2D eigenvalue weighted by Gasteiger charge is -2.22. The van der Waals surface area contributed by atoms with Gasteiger partial charge in [0.1, 0.15) is 12.0 Å². The predicted molar refractivity (Wildman–Crippen MR) is 95.0 cm³/mol. The topological polar surface area (TPSA) is 79.2 Å². The third-order valence-electron chi connectivity index (χ3n) is 3.44. The summed E-state index contributed by atoms with van der Waals surface area (Å²) in [7, 11) is -2.30. The zero-order valence-electron chi connectivity index (χ0n) is 12.9. The molecule has 0 saturated carbocycles. The molecule has 126 valence electrons. The van der Waals surface area contributed by atoms with E-state index in [-0.39, 0.29) is 10.1 Å². The van der Waals surface area contributed by atoms with Gasteiger partial charge in [0, 0.05) is 17.5 Å². The van der Waals surface area contributed by atoms with Crippen LogP contribution in [0.5, 0.6) is 5.75 Å². The van der Waals surface area contributed by atoms with E-state index < -0.39 is 16.3 Å². The fraction of sp³-hybridized carbons (Fsp3) is 0.188. The lowest BCUT2D eigenvalue weighted by molar-refractivity contribution is 0.213. The molecule has 1 heterocycles. The number of amidine groups is 1. The molecule has 1 saturated heterocycles. The second kappa shape index (κ2) is 6.84. The van der Waals surface area contributed by atoms with Crippen molar-refractivity contribution in [3.63, 3.8) is 0 Å². The molecule has 1 unspecified atom stereocenters. The molecular formula is C16H16N2O4S2. The highest BCUT2D eigenvalue weighted by Gasteiger charge is 2.32. The largest absolute Gasteiger partial charge is 0.497 e. The zero-order valence-corrected chi connectivity index (χ0v) is 14.5. The molecule has 0 bridgehead atoms. The van der Waals surface area contributed by atoms with Crippen molar-refractivity contribution in [2.45, 2.75) is 11.1 Å². The summed E-state index contributed by atoms with van der Waals surface area (Å²) in [5.41, 5.74) is 0.619. The van der Waals surface area contributed by atoms with Crippen molar-refractivity contribution in [1.29, 1.82) is 0 Å². The molecule has 2 aromatic rings. The van der Waals surface area contributed by atoms with E-state index in [1.807, 2.05) is 0 Å². The molecule has 1 fully saturated rings. The number of ether oxygens (including phenoxy) is 1. The maximum absolute atomic E-state index is 12.5. The number of methoxy groups -OCH3 is 1. The first-order chi connectivity index (χ1) is 11.5. The summed E-state index contributed by atoms with van der Waals surface area (Å²) in [5, 5.41) is 10.5. The van der Waals surface area contributed by atoms with E-state index in [0.717, 1.165) is 0 Å². The van der Waals surface area contributed by atoms with Gasteiger partial charge in [-0.1, -0.05) is 36.0 Å². The molecule has 24 heavy (non-hydrogen) atoms. The molecule has 1 aliphatic heterocycles. The molecule has 3 rings (SSSR count). The van der Waals surface area contributed by atoms with Gasteiger partial charge in [-0.2, -0.15) is 8.42 Å². The monoisotopic (exact) mass is 364 g/mol. The Bertz CT molecular complexity index is 853. The quantitative estimate of drug-likeness (QED) is 0.897. The molecule has 2 aromatic carbocycles. The van der Waals surface area contributed by atoms with Crippen molar-refractivity contribution in [1.82, 2.24) is 0 Å². The van der Waals surface area contributed by atoms with Crippen LogP contribution in [0.25, 0.3) is 0 Å². The Hall–Kier alpha value is -2.03. The third-order valence-corrected chi connectivity index (χ3v) is 5.84. The van der Waals surface area contributed by atoms with Crippen LogP contribution in [0.4, 0.5) is 5.69 Å². The molecule has 0 spiro atoms. The summed E-state index contributed by atoms with van der Waals surface area (Å²) >= 11 is 1.19. The van der Waals surface area contributed by atoms with E-state index in [4.69, 9.17) is 4.74 Å². The van der Waals surface area contributed by atoms with Gasteiger partial charge in [-0.15, -0.1) is 4.40 Å². The van der Waals surface area contributed by atoms with Gasteiger partial charge in [-0.3, -0.25) is 4.90 Å². The van der Waals surface area contributed by atoms with Crippen molar-refractivity contribution in [2.24, 2.45) is 4.40 Å². The third kappa shape index (κ3) is 3.40. The Morgan fingerprint density at radius 2 is 1.96 bits per heavy atom. The smallest absolute Gasteiger partial charge is 0.284 e. The number of anilines is 1. The summed E-state index contributed by atoms with van der Waals surface area (Å²) in [6.07, 6.45) is -0.855. The molecule has 0 aromatic heterocycles. The molecule has 1 aliphatic rings. The Labute approximate surface area is 144 Å². The highest BCUT2D eigenvalue weighted by molar-refractivity contribution is 8.15. The fourth-order valence-electron chi connectivity index (χ4n) is 2.28. The van der Waals surface area contributed by atoms with Crippen molar-refractivity contribution >= 4 is 32.6 Å².